The van der Waals surface area contributed by atoms with Crippen LogP contribution in [-0.4, -0.2) is 12.5 Å². The first-order valence-corrected chi connectivity index (χ1v) is 6.34. The van der Waals surface area contributed by atoms with Crippen LogP contribution in [0.25, 0.3) is 0 Å². The Balaban J connectivity index is 1.87. The number of nitrogens with one attached hydrogen (secondary N) is 1. The molecule has 0 unspecified atom stereocenters. The van der Waals surface area contributed by atoms with Crippen LogP contribution in [0.15, 0.2) is 48.5 Å². The lowest BCUT2D eigenvalue weighted by atomic mass is 10.1. The van der Waals surface area contributed by atoms with Crippen molar-refractivity contribution in [2.24, 2.45) is 0 Å². The number of hydrogen-bond donors (Lipinski definition) is 2. The van der Waals surface area contributed by atoms with Gasteiger partial charge in [-0.2, -0.15) is 0 Å². The van der Waals surface area contributed by atoms with Gasteiger partial charge in [-0.15, -0.1) is 0 Å². The first-order valence-electron chi connectivity index (χ1n) is 6.34. The summed E-state index contributed by atoms with van der Waals surface area (Å²) in [6.45, 7) is 2.69. The standard InChI is InChI=1S/C16H18N2O/c1-12-4-2-5-13(10-12)8-9-18-16(19)14-6-3-7-15(17)11-14/h2-7,10-11H,8-9,17H2,1H3,(H,18,19). The fourth-order valence-corrected chi connectivity index (χ4v) is 1.97. The van der Waals surface area contributed by atoms with E-state index in [2.05, 4.69) is 30.4 Å². The van der Waals surface area contributed by atoms with E-state index in [0.717, 1.165) is 6.42 Å². The van der Waals surface area contributed by atoms with E-state index in [1.54, 1.807) is 24.3 Å². The van der Waals surface area contributed by atoms with Crippen molar-refractivity contribution < 1.29 is 4.79 Å². The van der Waals surface area contributed by atoms with Crippen molar-refractivity contribution >= 4 is 11.6 Å². The Morgan fingerprint density at radius 2 is 1.95 bits per heavy atom. The van der Waals surface area contributed by atoms with Crippen LogP contribution < -0.4 is 11.1 Å². The molecule has 0 bridgehead atoms. The molecule has 0 aliphatic carbocycles. The predicted octanol–water partition coefficient (Wildman–Crippen LogP) is 2.55. The van der Waals surface area contributed by atoms with Crippen LogP contribution in [0.1, 0.15) is 21.5 Å². The molecule has 19 heavy (non-hydrogen) atoms. The number of anilines is 1. The van der Waals surface area contributed by atoms with Crippen LogP contribution in [0, 0.1) is 6.92 Å². The minimum absolute atomic E-state index is 0.0834. The molecule has 0 aliphatic heterocycles. The first kappa shape index (κ1) is 13.1. The molecule has 3 nitrogen and oxygen atoms in total. The van der Waals surface area contributed by atoms with E-state index in [1.807, 2.05) is 6.07 Å². The Morgan fingerprint density at radius 1 is 1.16 bits per heavy atom. The quantitative estimate of drug-likeness (QED) is 0.824. The predicted molar refractivity (Wildman–Crippen MR) is 78.1 cm³/mol. The lowest BCUT2D eigenvalue weighted by molar-refractivity contribution is 0.0954. The van der Waals surface area contributed by atoms with Crippen LogP contribution in [0.3, 0.4) is 0 Å². The summed E-state index contributed by atoms with van der Waals surface area (Å²) in [5, 5.41) is 2.90. The molecule has 2 aromatic rings. The molecule has 0 saturated heterocycles. The summed E-state index contributed by atoms with van der Waals surface area (Å²) in [4.78, 5) is 11.9. The molecule has 0 atom stereocenters. The fraction of sp³-hybridized carbons (Fsp3) is 0.188. The van der Waals surface area contributed by atoms with E-state index < -0.39 is 0 Å². The van der Waals surface area contributed by atoms with E-state index in [-0.39, 0.29) is 5.91 Å². The number of benzene rings is 2. The van der Waals surface area contributed by atoms with Gasteiger partial charge in [-0.1, -0.05) is 35.9 Å². The molecule has 0 aliphatic rings. The van der Waals surface area contributed by atoms with Gasteiger partial charge in [0.2, 0.25) is 0 Å². The lowest BCUT2D eigenvalue weighted by Gasteiger charge is -2.06. The number of carbonyl (C=O) groups excluding carboxylic acids is 1. The summed E-state index contributed by atoms with van der Waals surface area (Å²) in [7, 11) is 0. The Hall–Kier alpha value is -2.29. The number of carbonyl (C=O) groups is 1. The van der Waals surface area contributed by atoms with Gasteiger partial charge in [0.25, 0.3) is 5.91 Å². The number of nitrogen functional groups attached to an aromatic ring is 1. The number of rotatable bonds is 4. The highest BCUT2D eigenvalue weighted by Crippen LogP contribution is 2.07. The summed E-state index contributed by atoms with van der Waals surface area (Å²) in [6.07, 6.45) is 0.829. The second kappa shape index (κ2) is 6.05. The van der Waals surface area contributed by atoms with Gasteiger partial charge in [0.05, 0.1) is 0 Å². The van der Waals surface area contributed by atoms with E-state index in [1.165, 1.54) is 11.1 Å². The van der Waals surface area contributed by atoms with Crippen LogP contribution in [0.5, 0.6) is 0 Å². The number of nitrogens with two attached hydrogens (primary N) is 1. The van der Waals surface area contributed by atoms with Gasteiger partial charge in [-0.05, 0) is 37.1 Å². The van der Waals surface area contributed by atoms with Crippen molar-refractivity contribution in [1.82, 2.24) is 5.32 Å². The smallest absolute Gasteiger partial charge is 0.251 e. The van der Waals surface area contributed by atoms with E-state index in [4.69, 9.17) is 5.73 Å². The van der Waals surface area contributed by atoms with Gasteiger partial charge in [0.1, 0.15) is 0 Å². The maximum Gasteiger partial charge on any atom is 0.251 e. The van der Waals surface area contributed by atoms with E-state index >= 15 is 0 Å². The molecule has 0 heterocycles. The molecule has 0 radical (unpaired) electrons. The summed E-state index contributed by atoms with van der Waals surface area (Å²) < 4.78 is 0. The molecule has 98 valence electrons. The third kappa shape index (κ3) is 3.85. The molecule has 0 saturated carbocycles. The normalized spacial score (nSPS) is 10.2. The highest BCUT2D eigenvalue weighted by Gasteiger charge is 2.04. The summed E-state index contributed by atoms with van der Waals surface area (Å²) in [6, 6.07) is 15.3. The van der Waals surface area contributed by atoms with Crippen LogP contribution >= 0.6 is 0 Å². The zero-order chi connectivity index (χ0) is 13.7. The van der Waals surface area contributed by atoms with Gasteiger partial charge in [-0.3, -0.25) is 4.79 Å². The van der Waals surface area contributed by atoms with Gasteiger partial charge in [0.15, 0.2) is 0 Å². The van der Waals surface area contributed by atoms with Crippen LogP contribution in [0.4, 0.5) is 5.69 Å². The minimum Gasteiger partial charge on any atom is -0.399 e. The lowest BCUT2D eigenvalue weighted by Crippen LogP contribution is -2.25. The minimum atomic E-state index is -0.0834. The molecule has 0 spiro atoms. The number of hydrogen-bond acceptors (Lipinski definition) is 2. The number of amides is 1. The molecule has 0 aromatic heterocycles. The summed E-state index contributed by atoms with van der Waals surface area (Å²) in [5.41, 5.74) is 9.32. The van der Waals surface area contributed by atoms with Gasteiger partial charge < -0.3 is 11.1 Å². The second-order valence-corrected chi connectivity index (χ2v) is 4.62. The molecule has 0 fully saturated rings. The SMILES string of the molecule is Cc1cccc(CCNC(=O)c2cccc(N)c2)c1. The third-order valence-electron chi connectivity index (χ3n) is 2.93. The largest absolute Gasteiger partial charge is 0.399 e. The monoisotopic (exact) mass is 254 g/mol. The van der Waals surface area contributed by atoms with Gasteiger partial charge in [0, 0.05) is 17.8 Å². The maximum atomic E-state index is 11.9. The Kier molecular flexibility index (Phi) is 4.18. The molecule has 2 rings (SSSR count). The second-order valence-electron chi connectivity index (χ2n) is 4.62. The zero-order valence-corrected chi connectivity index (χ0v) is 11.0. The molecule has 2 aromatic carbocycles. The third-order valence-corrected chi connectivity index (χ3v) is 2.93. The summed E-state index contributed by atoms with van der Waals surface area (Å²) in [5.74, 6) is -0.0834. The Labute approximate surface area is 113 Å². The van der Waals surface area contributed by atoms with Crippen molar-refractivity contribution in [3.05, 3.63) is 65.2 Å². The van der Waals surface area contributed by atoms with Crippen LogP contribution in [0.2, 0.25) is 0 Å². The average molecular weight is 254 g/mol. The topological polar surface area (TPSA) is 55.1 Å². The molecule has 3 heteroatoms. The first-order chi connectivity index (χ1) is 9.15. The fourth-order valence-electron chi connectivity index (χ4n) is 1.97. The van der Waals surface area contributed by atoms with Crippen molar-refractivity contribution in [3.63, 3.8) is 0 Å². The maximum absolute atomic E-state index is 11.9. The average Bonchev–Trinajstić information content (AvgIpc) is 2.38. The molecule has 1 amide bonds. The van der Waals surface area contributed by atoms with Crippen molar-refractivity contribution in [2.45, 2.75) is 13.3 Å². The number of aryl methyl sites for hydroxylation is 1. The van der Waals surface area contributed by atoms with Crippen LogP contribution in [-0.2, 0) is 6.42 Å². The molecular formula is C16H18N2O. The molecular weight excluding hydrogens is 236 g/mol. The highest BCUT2D eigenvalue weighted by atomic mass is 16.1. The van der Waals surface area contributed by atoms with E-state index in [9.17, 15) is 4.79 Å². The van der Waals surface area contributed by atoms with E-state index in [0.29, 0.717) is 17.8 Å². The van der Waals surface area contributed by atoms with Gasteiger partial charge >= 0.3 is 0 Å². The van der Waals surface area contributed by atoms with Crippen molar-refractivity contribution in [3.8, 4) is 0 Å². The summed E-state index contributed by atoms with van der Waals surface area (Å²) >= 11 is 0. The van der Waals surface area contributed by atoms with Gasteiger partial charge in [-0.25, -0.2) is 0 Å². The Morgan fingerprint density at radius 3 is 2.68 bits per heavy atom. The van der Waals surface area contributed by atoms with Crippen molar-refractivity contribution in [2.75, 3.05) is 12.3 Å². The zero-order valence-electron chi connectivity index (χ0n) is 11.0. The highest BCUT2D eigenvalue weighted by molar-refractivity contribution is 5.94. The van der Waals surface area contributed by atoms with Crippen molar-refractivity contribution in [1.29, 1.82) is 0 Å². The molecule has 3 N–H and O–H groups in total. The Bertz CT molecular complexity index is 578.